The fraction of sp³-hybridized carbons (Fsp3) is 0.423. The van der Waals surface area contributed by atoms with Gasteiger partial charge in [-0.1, -0.05) is 19.1 Å². The fourth-order valence-corrected chi connectivity index (χ4v) is 5.78. The van der Waals surface area contributed by atoms with Crippen molar-refractivity contribution >= 4 is 23.6 Å². The van der Waals surface area contributed by atoms with E-state index in [-0.39, 0.29) is 18.9 Å². The first kappa shape index (κ1) is 24.1. The topological polar surface area (TPSA) is 76.2 Å². The molecule has 5 rings (SSSR count). The van der Waals surface area contributed by atoms with Crippen LogP contribution < -0.4 is 9.64 Å². The third-order valence-corrected chi connectivity index (χ3v) is 7.48. The molecule has 7 nitrogen and oxygen atoms in total. The second-order valence-electron chi connectivity index (χ2n) is 9.36. The maximum absolute atomic E-state index is 13.9. The predicted molar refractivity (Wildman–Crippen MR) is 122 cm³/mol. The zero-order chi connectivity index (χ0) is 26.0. The van der Waals surface area contributed by atoms with Gasteiger partial charge in [-0.05, 0) is 56.2 Å². The average molecular weight is 502 g/mol. The molecule has 3 amide bonds. The highest BCUT2D eigenvalue weighted by atomic mass is 19.4. The molecule has 0 N–H and O–H groups in total. The van der Waals surface area contributed by atoms with Crippen LogP contribution in [0.5, 0.6) is 5.75 Å². The van der Waals surface area contributed by atoms with E-state index in [1.807, 2.05) is 25.1 Å². The number of fused-ring (bicyclic) bond motifs is 5. The van der Waals surface area contributed by atoms with E-state index in [1.165, 1.54) is 11.8 Å². The molecule has 2 aromatic rings. The number of benzene rings is 2. The van der Waals surface area contributed by atoms with Crippen molar-refractivity contribution in [2.45, 2.75) is 44.9 Å². The zero-order valence-electron chi connectivity index (χ0n) is 20.0. The molecular weight excluding hydrogens is 477 g/mol. The summed E-state index contributed by atoms with van der Waals surface area (Å²) in [5, 5.41) is 0. The number of nitrogens with zero attached hydrogens (tertiary/aromatic N) is 2. The summed E-state index contributed by atoms with van der Waals surface area (Å²) in [5.74, 6) is -2.28. The van der Waals surface area contributed by atoms with Crippen molar-refractivity contribution in [1.29, 1.82) is 0 Å². The maximum Gasteiger partial charge on any atom is 0.416 e. The van der Waals surface area contributed by atoms with E-state index in [9.17, 15) is 27.6 Å². The van der Waals surface area contributed by atoms with Crippen molar-refractivity contribution in [2.24, 2.45) is 11.8 Å². The van der Waals surface area contributed by atoms with E-state index in [0.29, 0.717) is 11.3 Å². The summed E-state index contributed by atoms with van der Waals surface area (Å²) in [6, 6.07) is 8.13. The number of imide groups is 1. The molecule has 0 saturated carbocycles. The van der Waals surface area contributed by atoms with Crippen molar-refractivity contribution in [2.75, 3.05) is 18.1 Å². The number of esters is 1. The van der Waals surface area contributed by atoms with Gasteiger partial charge in [-0.25, -0.2) is 9.69 Å². The monoisotopic (exact) mass is 502 g/mol. The lowest BCUT2D eigenvalue weighted by molar-refractivity contribution is -0.154. The van der Waals surface area contributed by atoms with E-state index in [1.54, 1.807) is 6.92 Å². The Morgan fingerprint density at radius 2 is 1.83 bits per heavy atom. The zero-order valence-corrected chi connectivity index (χ0v) is 20.0. The van der Waals surface area contributed by atoms with Crippen LogP contribution in [0.15, 0.2) is 42.5 Å². The number of halogens is 3. The minimum Gasteiger partial charge on any atom is -0.493 e. The number of carbonyl (C=O) groups is 3. The van der Waals surface area contributed by atoms with Crippen LogP contribution in [0.3, 0.4) is 0 Å². The molecule has 4 atom stereocenters. The molecule has 2 saturated heterocycles. The van der Waals surface area contributed by atoms with Gasteiger partial charge in [0.05, 0.1) is 36.4 Å². The van der Waals surface area contributed by atoms with Crippen LogP contribution in [-0.4, -0.2) is 41.6 Å². The van der Waals surface area contributed by atoms with Crippen LogP contribution >= 0.6 is 0 Å². The van der Waals surface area contributed by atoms with Crippen LogP contribution in [0, 0.1) is 11.8 Å². The molecule has 10 heteroatoms. The fourth-order valence-electron chi connectivity index (χ4n) is 5.78. The van der Waals surface area contributed by atoms with Gasteiger partial charge in [0.2, 0.25) is 0 Å². The number of carbonyl (C=O) groups excluding carboxylic acids is 3. The Bertz CT molecular complexity index is 1250. The summed E-state index contributed by atoms with van der Waals surface area (Å²) in [6.45, 7) is 5.38. The lowest BCUT2D eigenvalue weighted by atomic mass is 9.77. The number of urea groups is 1. The Morgan fingerprint density at radius 1 is 1.14 bits per heavy atom. The summed E-state index contributed by atoms with van der Waals surface area (Å²) in [5.41, 5.74) is -0.787. The third kappa shape index (κ3) is 3.30. The molecule has 0 aliphatic carbocycles. The largest absolute Gasteiger partial charge is 0.493 e. The maximum atomic E-state index is 13.9. The molecule has 0 spiro atoms. The number of hydrogen-bond donors (Lipinski definition) is 0. The molecule has 3 aliphatic rings. The molecular formula is C26H25F3N2O5. The lowest BCUT2D eigenvalue weighted by Crippen LogP contribution is -2.51. The second kappa shape index (κ2) is 8.25. The number of rotatable bonds is 4. The normalized spacial score (nSPS) is 26.9. The Hall–Kier alpha value is -3.56. The van der Waals surface area contributed by atoms with Gasteiger partial charge in [0.25, 0.3) is 5.91 Å². The predicted octanol–water partition coefficient (Wildman–Crippen LogP) is 4.74. The molecule has 0 radical (unpaired) electrons. The smallest absolute Gasteiger partial charge is 0.416 e. The summed E-state index contributed by atoms with van der Waals surface area (Å²) in [6.07, 6.45) is -3.79. The van der Waals surface area contributed by atoms with Crippen LogP contribution in [0.25, 0.3) is 0 Å². The number of hydrogen-bond acceptors (Lipinski definition) is 5. The van der Waals surface area contributed by atoms with Crippen molar-refractivity contribution in [3.63, 3.8) is 0 Å². The van der Waals surface area contributed by atoms with E-state index in [0.717, 1.165) is 41.1 Å². The van der Waals surface area contributed by atoms with Crippen LogP contribution in [0.4, 0.5) is 23.7 Å². The van der Waals surface area contributed by atoms with Gasteiger partial charge in [-0.15, -0.1) is 0 Å². The van der Waals surface area contributed by atoms with Crippen molar-refractivity contribution in [3.8, 4) is 5.75 Å². The van der Waals surface area contributed by atoms with Gasteiger partial charge in [-0.3, -0.25) is 9.59 Å². The van der Waals surface area contributed by atoms with Crippen molar-refractivity contribution < 1.29 is 37.0 Å². The molecule has 36 heavy (non-hydrogen) atoms. The summed E-state index contributed by atoms with van der Waals surface area (Å²) < 4.78 is 50.5. The summed E-state index contributed by atoms with van der Waals surface area (Å²) in [7, 11) is 0. The van der Waals surface area contributed by atoms with E-state index >= 15 is 0 Å². The molecule has 190 valence electrons. The number of anilines is 1. The molecule has 3 heterocycles. The summed E-state index contributed by atoms with van der Waals surface area (Å²) >= 11 is 0. The Labute approximate surface area is 205 Å². The van der Waals surface area contributed by atoms with E-state index in [4.69, 9.17) is 9.47 Å². The Morgan fingerprint density at radius 3 is 2.44 bits per heavy atom. The van der Waals surface area contributed by atoms with Crippen LogP contribution in [0.2, 0.25) is 0 Å². The number of amides is 3. The quantitative estimate of drug-likeness (QED) is 0.446. The van der Waals surface area contributed by atoms with Gasteiger partial charge in [0, 0.05) is 11.5 Å². The highest BCUT2D eigenvalue weighted by Crippen LogP contribution is 2.58. The highest BCUT2D eigenvalue weighted by Gasteiger charge is 2.72. The van der Waals surface area contributed by atoms with Gasteiger partial charge < -0.3 is 14.4 Å². The van der Waals surface area contributed by atoms with Gasteiger partial charge in [0.15, 0.2) is 0 Å². The molecule has 0 unspecified atom stereocenters. The van der Waals surface area contributed by atoms with Gasteiger partial charge in [0.1, 0.15) is 11.3 Å². The van der Waals surface area contributed by atoms with Gasteiger partial charge >= 0.3 is 18.2 Å². The summed E-state index contributed by atoms with van der Waals surface area (Å²) in [4.78, 5) is 43.1. The lowest BCUT2D eigenvalue weighted by Gasteiger charge is -2.34. The molecule has 0 bridgehead atoms. The van der Waals surface area contributed by atoms with Crippen LogP contribution in [0.1, 0.15) is 43.5 Å². The SMILES string of the molecule is CCOC(=O)[C@@H]1[C@H]2COc3cc(CC)ccc3[C@@H]2N2C(=O)N(c3ccc(C(F)(F)F)cc3)C(=O)[C@]12C. The molecule has 3 aliphatic heterocycles. The third-order valence-electron chi connectivity index (χ3n) is 7.48. The average Bonchev–Trinajstić information content (AvgIpc) is 3.23. The molecule has 0 aromatic heterocycles. The van der Waals surface area contributed by atoms with E-state index < -0.39 is 53.1 Å². The van der Waals surface area contributed by atoms with E-state index in [2.05, 4.69) is 0 Å². The molecule has 2 aromatic carbocycles. The first-order valence-electron chi connectivity index (χ1n) is 11.8. The van der Waals surface area contributed by atoms with Gasteiger partial charge in [-0.2, -0.15) is 13.2 Å². The second-order valence-corrected chi connectivity index (χ2v) is 9.36. The Kier molecular flexibility index (Phi) is 5.53. The number of alkyl halides is 3. The molecule has 2 fully saturated rings. The standard InChI is InChI=1S/C26H25F3N2O5/c1-4-14-6-11-17-19(12-14)36-13-18-20(22(32)35-5-2)25(3)23(33)30(24(34)31(25)21(17)18)16-9-7-15(8-10-16)26(27,28)29/h6-12,18,20-21H,4-5,13H2,1-3H3/t18-,20+,21+,25+/m1/s1. The van der Waals surface area contributed by atoms with Crippen LogP contribution in [-0.2, 0) is 26.9 Å². The Balaban J connectivity index is 1.63. The number of aryl methyl sites for hydroxylation is 1. The van der Waals surface area contributed by atoms with Crippen molar-refractivity contribution in [3.05, 3.63) is 59.2 Å². The van der Waals surface area contributed by atoms with Crippen molar-refractivity contribution in [1.82, 2.24) is 4.90 Å². The number of ether oxygens (including phenoxy) is 2. The minimum absolute atomic E-state index is 0.00129. The first-order valence-corrected chi connectivity index (χ1v) is 11.8. The highest BCUT2D eigenvalue weighted by molar-refractivity contribution is 6.24. The minimum atomic E-state index is -4.56. The first-order chi connectivity index (χ1) is 17.0.